The summed E-state index contributed by atoms with van der Waals surface area (Å²) in [4.78, 5) is 0. The van der Waals surface area contributed by atoms with E-state index >= 15 is 0 Å². The Bertz CT molecular complexity index is 350. The first-order valence-electron chi connectivity index (χ1n) is 5.92. The maximum Gasteiger partial charge on any atom is 0.315 e. The van der Waals surface area contributed by atoms with Gasteiger partial charge in [-0.1, -0.05) is 12.0 Å². The van der Waals surface area contributed by atoms with E-state index in [9.17, 15) is 0 Å². The highest BCUT2D eigenvalue weighted by Gasteiger charge is 2.27. The zero-order chi connectivity index (χ0) is 12.1. The van der Waals surface area contributed by atoms with E-state index in [1.165, 1.54) is 0 Å². The summed E-state index contributed by atoms with van der Waals surface area (Å²) in [5.74, 6) is 1.08. The Labute approximate surface area is 106 Å². The van der Waals surface area contributed by atoms with Crippen molar-refractivity contribution < 1.29 is 9.15 Å². The molecule has 1 saturated heterocycles. The van der Waals surface area contributed by atoms with Crippen molar-refractivity contribution in [1.82, 2.24) is 10.2 Å². The zero-order valence-corrected chi connectivity index (χ0v) is 10.8. The third kappa shape index (κ3) is 3.57. The van der Waals surface area contributed by atoms with Gasteiger partial charge in [0.25, 0.3) is 0 Å². The van der Waals surface area contributed by atoms with Gasteiger partial charge in [0.1, 0.15) is 0 Å². The van der Waals surface area contributed by atoms with Crippen LogP contribution < -0.4 is 5.32 Å². The van der Waals surface area contributed by atoms with Crippen molar-refractivity contribution in [3.8, 4) is 0 Å². The molecule has 0 unspecified atom stereocenters. The van der Waals surface area contributed by atoms with Crippen molar-refractivity contribution in [3.05, 3.63) is 5.89 Å². The van der Waals surface area contributed by atoms with E-state index < -0.39 is 0 Å². The van der Waals surface area contributed by atoms with Gasteiger partial charge < -0.3 is 14.5 Å². The first kappa shape index (κ1) is 12.6. The number of alkyl halides is 1. The fourth-order valence-electron chi connectivity index (χ4n) is 1.84. The monoisotopic (exact) mass is 259 g/mol. The number of hydrogen-bond acceptors (Lipinski definition) is 5. The summed E-state index contributed by atoms with van der Waals surface area (Å²) in [6.07, 6.45) is 2.73. The number of aryl methyl sites for hydroxylation is 1. The van der Waals surface area contributed by atoms with E-state index in [2.05, 4.69) is 22.4 Å². The van der Waals surface area contributed by atoms with E-state index in [0.717, 1.165) is 32.6 Å². The molecule has 2 rings (SSSR count). The van der Waals surface area contributed by atoms with Crippen LogP contribution in [0, 0.1) is 5.41 Å². The maximum absolute atomic E-state index is 5.60. The first-order valence-corrected chi connectivity index (χ1v) is 6.45. The molecule has 0 bridgehead atoms. The minimum Gasteiger partial charge on any atom is -0.408 e. The summed E-state index contributed by atoms with van der Waals surface area (Å²) in [7, 11) is 0. The summed E-state index contributed by atoms with van der Waals surface area (Å²) in [6, 6.07) is 0.484. The van der Waals surface area contributed by atoms with Gasteiger partial charge in [-0.05, 0) is 18.3 Å². The van der Waals surface area contributed by atoms with Crippen molar-refractivity contribution in [2.45, 2.75) is 26.2 Å². The molecule has 0 aromatic carbocycles. The Morgan fingerprint density at radius 3 is 2.82 bits per heavy atom. The van der Waals surface area contributed by atoms with Crippen LogP contribution in [0.15, 0.2) is 4.42 Å². The van der Waals surface area contributed by atoms with Crippen molar-refractivity contribution in [2.75, 3.05) is 31.0 Å². The largest absolute Gasteiger partial charge is 0.408 e. The minimum absolute atomic E-state index is 0.249. The lowest BCUT2D eigenvalue weighted by Gasteiger charge is -2.33. The van der Waals surface area contributed by atoms with Gasteiger partial charge in [0.05, 0.1) is 0 Å². The standard InChI is InChI=1S/C11H18ClN3O2/c1-11(3-6-16-7-4-11)8-13-10-15-14-9(17-10)2-5-12/h2-8H2,1H3,(H,13,15). The molecule has 1 aromatic rings. The summed E-state index contributed by atoms with van der Waals surface area (Å²) in [5.41, 5.74) is 0.249. The number of nitrogens with one attached hydrogen (secondary N) is 1. The van der Waals surface area contributed by atoms with E-state index in [1.807, 2.05) is 0 Å². The number of ether oxygens (including phenoxy) is 1. The van der Waals surface area contributed by atoms with Gasteiger partial charge in [0.15, 0.2) is 0 Å². The van der Waals surface area contributed by atoms with E-state index in [4.69, 9.17) is 20.8 Å². The lowest BCUT2D eigenvalue weighted by Crippen LogP contribution is -2.33. The van der Waals surface area contributed by atoms with Crippen LogP contribution in [0.5, 0.6) is 0 Å². The minimum atomic E-state index is 0.249. The molecule has 1 aromatic heterocycles. The second-order valence-electron chi connectivity index (χ2n) is 4.72. The van der Waals surface area contributed by atoms with Crippen molar-refractivity contribution in [1.29, 1.82) is 0 Å². The molecule has 17 heavy (non-hydrogen) atoms. The normalized spacial score (nSPS) is 19.2. The number of hydrogen-bond donors (Lipinski definition) is 1. The maximum atomic E-state index is 5.60. The van der Waals surface area contributed by atoms with Gasteiger partial charge in [-0.3, -0.25) is 0 Å². The summed E-state index contributed by atoms with van der Waals surface area (Å²) in [5, 5.41) is 11.0. The Morgan fingerprint density at radius 1 is 1.35 bits per heavy atom. The topological polar surface area (TPSA) is 60.2 Å². The van der Waals surface area contributed by atoms with Gasteiger partial charge in [0.2, 0.25) is 5.89 Å². The molecular weight excluding hydrogens is 242 g/mol. The van der Waals surface area contributed by atoms with Gasteiger partial charge >= 0.3 is 6.01 Å². The number of nitrogens with zero attached hydrogens (tertiary/aromatic N) is 2. The highest BCUT2D eigenvalue weighted by Crippen LogP contribution is 2.29. The second kappa shape index (κ2) is 5.69. The molecule has 1 aliphatic heterocycles. The fourth-order valence-corrected chi connectivity index (χ4v) is 2.00. The van der Waals surface area contributed by atoms with Gasteiger partial charge in [-0.15, -0.1) is 16.7 Å². The van der Waals surface area contributed by atoms with Crippen LogP contribution in [0.25, 0.3) is 0 Å². The van der Waals surface area contributed by atoms with Crippen LogP contribution in [0.2, 0.25) is 0 Å². The number of halogens is 1. The van der Waals surface area contributed by atoms with Gasteiger partial charge in [-0.25, -0.2) is 0 Å². The van der Waals surface area contributed by atoms with Crippen molar-refractivity contribution in [3.63, 3.8) is 0 Å². The quantitative estimate of drug-likeness (QED) is 0.821. The lowest BCUT2D eigenvalue weighted by molar-refractivity contribution is 0.0298. The molecular formula is C11H18ClN3O2. The third-order valence-corrected chi connectivity index (χ3v) is 3.33. The molecule has 0 amide bonds. The first-order chi connectivity index (χ1) is 8.22. The number of anilines is 1. The summed E-state index contributed by atoms with van der Waals surface area (Å²) >= 11 is 5.60. The molecule has 5 nitrogen and oxygen atoms in total. The Balaban J connectivity index is 1.83. The molecule has 1 aliphatic rings. The molecule has 1 N–H and O–H groups in total. The highest BCUT2D eigenvalue weighted by atomic mass is 35.5. The zero-order valence-electron chi connectivity index (χ0n) is 10.0. The SMILES string of the molecule is CC1(CNc2nnc(CCCl)o2)CCOCC1. The average Bonchev–Trinajstić information content (AvgIpc) is 2.76. The molecule has 6 heteroatoms. The van der Waals surface area contributed by atoms with Crippen molar-refractivity contribution in [2.24, 2.45) is 5.41 Å². The van der Waals surface area contributed by atoms with Crippen LogP contribution in [0.4, 0.5) is 6.01 Å². The van der Waals surface area contributed by atoms with Gasteiger partial charge in [0, 0.05) is 32.1 Å². The predicted octanol–water partition coefficient (Wildman–Crippen LogP) is 2.08. The van der Waals surface area contributed by atoms with Crippen LogP contribution in [-0.4, -0.2) is 35.8 Å². The van der Waals surface area contributed by atoms with E-state index in [0.29, 0.717) is 24.2 Å². The summed E-state index contributed by atoms with van der Waals surface area (Å²) in [6.45, 7) is 4.75. The predicted molar refractivity (Wildman–Crippen MR) is 65.4 cm³/mol. The van der Waals surface area contributed by atoms with Crippen LogP contribution in [0.1, 0.15) is 25.7 Å². The molecule has 0 atom stereocenters. The van der Waals surface area contributed by atoms with E-state index in [-0.39, 0.29) is 5.41 Å². The molecule has 0 aliphatic carbocycles. The second-order valence-corrected chi connectivity index (χ2v) is 5.09. The highest BCUT2D eigenvalue weighted by molar-refractivity contribution is 6.17. The van der Waals surface area contributed by atoms with Crippen LogP contribution in [-0.2, 0) is 11.2 Å². The van der Waals surface area contributed by atoms with E-state index in [1.54, 1.807) is 0 Å². The molecule has 2 heterocycles. The number of rotatable bonds is 5. The molecule has 0 saturated carbocycles. The van der Waals surface area contributed by atoms with Crippen molar-refractivity contribution >= 4 is 17.6 Å². The summed E-state index contributed by atoms with van der Waals surface area (Å²) < 4.78 is 10.8. The molecule has 96 valence electrons. The number of aromatic nitrogens is 2. The molecule has 0 spiro atoms. The molecule has 1 fully saturated rings. The van der Waals surface area contributed by atoms with Crippen LogP contribution in [0.3, 0.4) is 0 Å². The molecule has 0 radical (unpaired) electrons. The fraction of sp³-hybridized carbons (Fsp3) is 0.818. The van der Waals surface area contributed by atoms with Crippen LogP contribution >= 0.6 is 11.6 Å². The average molecular weight is 260 g/mol. The van der Waals surface area contributed by atoms with Gasteiger partial charge in [-0.2, -0.15) is 0 Å². The Hall–Kier alpha value is -0.810. The third-order valence-electron chi connectivity index (χ3n) is 3.14. The Kier molecular flexibility index (Phi) is 4.23. The Morgan fingerprint density at radius 2 is 2.12 bits per heavy atom. The lowest BCUT2D eigenvalue weighted by atomic mass is 9.82. The smallest absolute Gasteiger partial charge is 0.315 e.